The molecule has 0 bridgehead atoms. The number of nitrogens with one attached hydrogen (secondary N) is 1. The first-order valence-electron chi connectivity index (χ1n) is 8.98. The van der Waals surface area contributed by atoms with Crippen LogP contribution in [0.2, 0.25) is 0 Å². The Kier molecular flexibility index (Phi) is 5.21. The Morgan fingerprint density at radius 1 is 1.00 bits per heavy atom. The van der Waals surface area contributed by atoms with Gasteiger partial charge in [-0.1, -0.05) is 41.0 Å². The van der Waals surface area contributed by atoms with Gasteiger partial charge in [-0.05, 0) is 53.8 Å². The number of halogens is 1. The smallest absolute Gasteiger partial charge is 0.126 e. The van der Waals surface area contributed by atoms with Crippen molar-refractivity contribution in [3.63, 3.8) is 0 Å². The third kappa shape index (κ3) is 3.82. The van der Waals surface area contributed by atoms with Crippen LogP contribution in [0.4, 0.5) is 10.2 Å². The zero-order valence-electron chi connectivity index (χ0n) is 15.8. The maximum atomic E-state index is 13.4. The van der Waals surface area contributed by atoms with Gasteiger partial charge in [0.05, 0.1) is 4.86 Å². The van der Waals surface area contributed by atoms with Crippen molar-refractivity contribution in [3.05, 3.63) is 95.4 Å². The molecule has 4 rings (SSSR count). The average molecular weight is 393 g/mol. The van der Waals surface area contributed by atoms with Gasteiger partial charge < -0.3 is 5.32 Å². The monoisotopic (exact) mass is 392 g/mol. The minimum atomic E-state index is -0.246. The molecule has 2 aromatic carbocycles. The summed E-state index contributed by atoms with van der Waals surface area (Å²) in [4.78, 5) is 5.59. The maximum absolute atomic E-state index is 13.4. The first-order chi connectivity index (χ1) is 13.6. The third-order valence-corrected chi connectivity index (χ3v) is 6.50. The number of benzene rings is 2. The van der Waals surface area contributed by atoms with E-state index in [0.29, 0.717) is 6.54 Å². The van der Waals surface area contributed by atoms with Crippen LogP contribution in [0.25, 0.3) is 0 Å². The maximum Gasteiger partial charge on any atom is 0.126 e. The second-order valence-electron chi connectivity index (χ2n) is 6.50. The van der Waals surface area contributed by atoms with Gasteiger partial charge in [0, 0.05) is 25.4 Å². The Morgan fingerprint density at radius 3 is 2.50 bits per heavy atom. The van der Waals surface area contributed by atoms with Crippen LogP contribution in [-0.2, 0) is 6.54 Å². The van der Waals surface area contributed by atoms with Gasteiger partial charge in [-0.2, -0.15) is 5.10 Å². The number of anilines is 1. The molecule has 0 saturated carbocycles. The minimum Gasteiger partial charge on any atom is -0.366 e. The van der Waals surface area contributed by atoms with Gasteiger partial charge in [0.15, 0.2) is 0 Å². The zero-order valence-corrected chi connectivity index (χ0v) is 16.6. The van der Waals surface area contributed by atoms with Crippen LogP contribution >= 0.6 is 10.7 Å². The number of nitrogens with zero attached hydrogens (tertiary/aromatic N) is 3. The molecule has 1 aromatic heterocycles. The predicted octanol–water partition coefficient (Wildman–Crippen LogP) is 4.52. The van der Waals surface area contributed by atoms with Crippen LogP contribution in [0.1, 0.15) is 16.7 Å². The summed E-state index contributed by atoms with van der Waals surface area (Å²) in [5.74, 6) is 0.572. The van der Waals surface area contributed by atoms with Crippen LogP contribution in [0.15, 0.2) is 78.0 Å². The van der Waals surface area contributed by atoms with E-state index in [0.717, 1.165) is 27.5 Å². The fourth-order valence-corrected chi connectivity index (χ4v) is 4.46. The molecule has 28 heavy (non-hydrogen) atoms. The molecule has 6 heteroatoms. The molecule has 0 spiro atoms. The summed E-state index contributed by atoms with van der Waals surface area (Å²) in [6.45, 7) is 0.712. The zero-order chi connectivity index (χ0) is 19.5. The fraction of sp³-hybridized carbons (Fsp3) is 0.136. The summed E-state index contributed by atoms with van der Waals surface area (Å²) in [6, 6.07) is 20.8. The van der Waals surface area contributed by atoms with Crippen LogP contribution in [-0.4, -0.2) is 33.3 Å². The molecule has 142 valence electrons. The highest BCUT2D eigenvalue weighted by atomic mass is 32.2. The first kappa shape index (κ1) is 18.4. The van der Waals surface area contributed by atoms with Crippen LogP contribution < -0.4 is 5.32 Å². The normalized spacial score (nSPS) is 16.2. The van der Waals surface area contributed by atoms with Crippen molar-refractivity contribution in [2.45, 2.75) is 6.54 Å². The van der Waals surface area contributed by atoms with Crippen LogP contribution in [0, 0.1) is 5.82 Å². The molecule has 1 aliphatic rings. The molecule has 1 N–H and O–H groups in total. The van der Waals surface area contributed by atoms with E-state index in [1.54, 1.807) is 12.1 Å². The standard InChI is InChI=1S/C22H21FN4S/c1-27-26-21(17-8-10-19(23)11-9-17)22(28(27)2)18-12-13-24-20(14-18)25-15-16-6-4-3-5-7-16/h3-14H,15H2,1-2H3,(H,24,25). The Morgan fingerprint density at radius 2 is 1.75 bits per heavy atom. The van der Waals surface area contributed by atoms with Crippen molar-refractivity contribution in [3.8, 4) is 0 Å². The van der Waals surface area contributed by atoms with E-state index in [1.807, 2.05) is 41.9 Å². The van der Waals surface area contributed by atoms with E-state index in [4.69, 9.17) is 5.10 Å². The molecule has 0 amide bonds. The van der Waals surface area contributed by atoms with Crippen molar-refractivity contribution in [2.75, 3.05) is 18.6 Å². The van der Waals surface area contributed by atoms with Crippen molar-refractivity contribution >= 4 is 27.1 Å². The molecule has 1 unspecified atom stereocenters. The average Bonchev–Trinajstić information content (AvgIpc) is 3.02. The van der Waals surface area contributed by atoms with E-state index in [9.17, 15) is 4.39 Å². The van der Waals surface area contributed by atoms with Crippen molar-refractivity contribution in [2.24, 2.45) is 5.10 Å². The van der Waals surface area contributed by atoms with E-state index < -0.39 is 0 Å². The van der Waals surface area contributed by atoms with Gasteiger partial charge in [-0.3, -0.25) is 0 Å². The summed E-state index contributed by atoms with van der Waals surface area (Å²) >= 11 is 0. The second-order valence-corrected chi connectivity index (χ2v) is 8.39. The van der Waals surface area contributed by atoms with E-state index >= 15 is 0 Å². The largest absolute Gasteiger partial charge is 0.366 e. The highest BCUT2D eigenvalue weighted by Gasteiger charge is 2.23. The molecule has 1 atom stereocenters. The Balaban J connectivity index is 1.63. The fourth-order valence-electron chi connectivity index (χ4n) is 3.08. The molecule has 4 nitrogen and oxygen atoms in total. The lowest BCUT2D eigenvalue weighted by Gasteiger charge is -2.12. The second kappa shape index (κ2) is 7.94. The Bertz CT molecular complexity index is 1050. The van der Waals surface area contributed by atoms with E-state index in [2.05, 4.69) is 34.8 Å². The van der Waals surface area contributed by atoms with Crippen molar-refractivity contribution < 1.29 is 4.39 Å². The lowest BCUT2D eigenvalue weighted by molar-refractivity contribution is 0.621. The molecule has 1 aliphatic heterocycles. The third-order valence-electron chi connectivity index (χ3n) is 4.60. The van der Waals surface area contributed by atoms with Gasteiger partial charge in [0.25, 0.3) is 0 Å². The number of rotatable bonds is 5. The Labute approximate surface area is 166 Å². The highest BCUT2D eigenvalue weighted by molar-refractivity contribution is 8.15. The van der Waals surface area contributed by atoms with E-state index in [1.165, 1.54) is 17.7 Å². The highest BCUT2D eigenvalue weighted by Crippen LogP contribution is 2.30. The van der Waals surface area contributed by atoms with Gasteiger partial charge in [0.1, 0.15) is 17.3 Å². The van der Waals surface area contributed by atoms with Gasteiger partial charge in [-0.15, -0.1) is 0 Å². The summed E-state index contributed by atoms with van der Waals surface area (Å²) in [6.07, 6.45) is 3.96. The SMILES string of the molecule is CN1N=C(c2ccc(F)cc2)C(c2ccnc(NCc3ccccc3)c2)=S1C. The van der Waals surface area contributed by atoms with Crippen molar-refractivity contribution in [1.82, 2.24) is 9.40 Å². The van der Waals surface area contributed by atoms with Crippen LogP contribution in [0.3, 0.4) is 0 Å². The topological polar surface area (TPSA) is 40.5 Å². The number of pyridine rings is 1. The Hall–Kier alpha value is -2.99. The number of aromatic nitrogens is 1. The van der Waals surface area contributed by atoms with Crippen LogP contribution in [0.5, 0.6) is 0 Å². The van der Waals surface area contributed by atoms with Crippen molar-refractivity contribution in [1.29, 1.82) is 0 Å². The number of hydrogen-bond donors (Lipinski definition) is 1. The summed E-state index contributed by atoms with van der Waals surface area (Å²) in [5.41, 5.74) is 4.07. The predicted molar refractivity (Wildman–Crippen MR) is 116 cm³/mol. The van der Waals surface area contributed by atoms with Gasteiger partial charge in [0.2, 0.25) is 0 Å². The molecule has 2 heterocycles. The summed E-state index contributed by atoms with van der Waals surface area (Å²) in [5, 5.41) is 8.10. The molecule has 0 saturated heterocycles. The van der Waals surface area contributed by atoms with Gasteiger partial charge >= 0.3 is 0 Å². The first-order valence-corrected chi connectivity index (χ1v) is 10.6. The summed E-state index contributed by atoms with van der Waals surface area (Å²) in [7, 11) is 1.77. The molecule has 0 fully saturated rings. The molecule has 3 aromatic rings. The number of hydrogen-bond acceptors (Lipinski definition) is 4. The summed E-state index contributed by atoms with van der Waals surface area (Å²) < 4.78 is 15.3. The quantitative estimate of drug-likeness (QED) is 0.649. The van der Waals surface area contributed by atoms with E-state index in [-0.39, 0.29) is 16.5 Å². The molecular weight excluding hydrogens is 371 g/mol. The minimum absolute atomic E-state index is 0.193. The molecular formula is C22H21FN4S. The lowest BCUT2D eigenvalue weighted by atomic mass is 10.0. The lowest BCUT2D eigenvalue weighted by Crippen LogP contribution is -2.15. The number of hydrazone groups is 1. The molecule has 0 aliphatic carbocycles. The molecule has 0 radical (unpaired) electrons. The van der Waals surface area contributed by atoms with Gasteiger partial charge in [-0.25, -0.2) is 13.8 Å².